The van der Waals surface area contributed by atoms with Crippen LogP contribution in [0.5, 0.6) is 0 Å². The van der Waals surface area contributed by atoms with Crippen molar-refractivity contribution in [2.75, 3.05) is 0 Å². The Morgan fingerprint density at radius 1 is 0.321 bits per heavy atom. The second-order valence-corrected chi connectivity index (χ2v) is 14.3. The van der Waals surface area contributed by atoms with Gasteiger partial charge in [-0.05, 0) is 113 Å². The summed E-state index contributed by atoms with van der Waals surface area (Å²) >= 11 is 0. The first-order chi connectivity index (χ1) is 26.2. The molecule has 0 aliphatic heterocycles. The fourth-order valence-corrected chi connectivity index (χ4v) is 8.91. The van der Waals surface area contributed by atoms with Crippen LogP contribution in [-0.2, 0) is 0 Å². The van der Waals surface area contributed by atoms with Crippen molar-refractivity contribution in [2.45, 2.75) is 0 Å². The summed E-state index contributed by atoms with van der Waals surface area (Å²) in [5, 5.41) is 12.2. The highest BCUT2D eigenvalue weighted by atomic mass is 16.3. The number of benzene rings is 9. The quantitative estimate of drug-likeness (QED) is 0.175. The van der Waals surface area contributed by atoms with Gasteiger partial charge in [-0.3, -0.25) is 0 Å². The fourth-order valence-electron chi connectivity index (χ4n) is 8.91. The molecule has 0 spiro atoms. The zero-order valence-corrected chi connectivity index (χ0v) is 28.6. The van der Waals surface area contributed by atoms with Crippen molar-refractivity contribution in [2.24, 2.45) is 0 Å². The number of aromatic nitrogens is 1. The summed E-state index contributed by atoms with van der Waals surface area (Å²) in [6.07, 6.45) is 0. The van der Waals surface area contributed by atoms with Crippen molar-refractivity contribution in [3.05, 3.63) is 176 Å². The van der Waals surface area contributed by atoms with Crippen LogP contribution >= 0.6 is 0 Å². The van der Waals surface area contributed by atoms with Gasteiger partial charge >= 0.3 is 0 Å². The van der Waals surface area contributed by atoms with Gasteiger partial charge in [-0.1, -0.05) is 140 Å². The topological polar surface area (TPSA) is 26.0 Å². The molecular weight excluding hydrogens is 643 g/mol. The average molecular weight is 672 g/mol. The molecule has 0 amide bonds. The Balaban J connectivity index is 1.12. The third-order valence-corrected chi connectivity index (χ3v) is 11.4. The van der Waals surface area contributed by atoms with E-state index in [1.165, 1.54) is 76.3 Å². The van der Waals surface area contributed by atoms with Crippen molar-refractivity contribution in [3.8, 4) is 55.9 Å². The van der Waals surface area contributed by atoms with Crippen molar-refractivity contribution in [1.82, 2.24) is 4.98 Å². The highest BCUT2D eigenvalue weighted by molar-refractivity contribution is 6.28. The van der Waals surface area contributed by atoms with E-state index in [0.29, 0.717) is 0 Å². The second-order valence-electron chi connectivity index (χ2n) is 14.3. The largest absolute Gasteiger partial charge is 0.456 e. The monoisotopic (exact) mass is 671 g/mol. The highest BCUT2D eigenvalue weighted by Crippen LogP contribution is 2.53. The third kappa shape index (κ3) is 4.18. The van der Waals surface area contributed by atoms with Crippen LogP contribution in [0.3, 0.4) is 0 Å². The summed E-state index contributed by atoms with van der Waals surface area (Å²) < 4.78 is 6.46. The highest BCUT2D eigenvalue weighted by Gasteiger charge is 2.27. The Kier molecular flexibility index (Phi) is 5.80. The third-order valence-electron chi connectivity index (χ3n) is 11.4. The van der Waals surface area contributed by atoms with E-state index in [9.17, 15) is 0 Å². The van der Waals surface area contributed by atoms with E-state index in [1.807, 2.05) is 6.07 Å². The number of nitrogens with zero attached hydrogens (tertiary/aromatic N) is 1. The molecule has 12 rings (SSSR count). The standard InChI is InChI=1S/C51H29NO/c1-2-11-33-25-34(23-19-30(33)9-1)36-27-45(35-24-22-32-21-20-31-10-3-4-12-37(31)43(32)26-35)52-46(28-36)39-15-7-14-38-44-29-48-51(40-13-5-6-18-47(40)53-48)42-17-8-16-41(49(38)39)50(42)44/h1-29H. The van der Waals surface area contributed by atoms with Crippen LogP contribution in [0, 0.1) is 0 Å². The lowest BCUT2D eigenvalue weighted by Gasteiger charge is -2.15. The number of pyridine rings is 1. The minimum atomic E-state index is 0.921. The first kappa shape index (κ1) is 28.6. The molecule has 11 aromatic rings. The fraction of sp³-hybridized carbons (Fsp3) is 0. The van der Waals surface area contributed by atoms with Crippen LogP contribution in [0.4, 0.5) is 0 Å². The Bertz CT molecular complexity index is 3350. The second kappa shape index (κ2) is 10.7. The molecule has 0 unspecified atom stereocenters. The summed E-state index contributed by atoms with van der Waals surface area (Å²) in [6, 6.07) is 63.7. The zero-order chi connectivity index (χ0) is 34.6. The van der Waals surface area contributed by atoms with E-state index >= 15 is 0 Å². The average Bonchev–Trinajstić information content (AvgIpc) is 3.77. The van der Waals surface area contributed by atoms with Gasteiger partial charge in [0, 0.05) is 21.9 Å². The number of hydrogen-bond acceptors (Lipinski definition) is 2. The van der Waals surface area contributed by atoms with Gasteiger partial charge < -0.3 is 4.42 Å². The van der Waals surface area contributed by atoms with Crippen LogP contribution in [-0.4, -0.2) is 4.98 Å². The van der Waals surface area contributed by atoms with Crippen LogP contribution in [0.1, 0.15) is 0 Å². The maximum absolute atomic E-state index is 6.46. The number of fused-ring (bicyclic) bond motifs is 11. The summed E-state index contributed by atoms with van der Waals surface area (Å²) in [7, 11) is 0. The molecular formula is C51H29NO. The lowest BCUT2D eigenvalue weighted by Crippen LogP contribution is -1.94. The lowest BCUT2D eigenvalue weighted by molar-refractivity contribution is 0.669. The van der Waals surface area contributed by atoms with Crippen LogP contribution in [0.2, 0.25) is 0 Å². The molecule has 1 aliphatic rings. The molecule has 2 nitrogen and oxygen atoms in total. The van der Waals surface area contributed by atoms with E-state index in [2.05, 4.69) is 170 Å². The molecule has 53 heavy (non-hydrogen) atoms. The summed E-state index contributed by atoms with van der Waals surface area (Å²) in [6.45, 7) is 0. The van der Waals surface area contributed by atoms with Gasteiger partial charge in [-0.15, -0.1) is 0 Å². The van der Waals surface area contributed by atoms with Crippen LogP contribution in [0.15, 0.2) is 180 Å². The van der Waals surface area contributed by atoms with Gasteiger partial charge in [0.15, 0.2) is 0 Å². The van der Waals surface area contributed by atoms with Gasteiger partial charge in [-0.25, -0.2) is 4.98 Å². The van der Waals surface area contributed by atoms with E-state index < -0.39 is 0 Å². The molecule has 244 valence electrons. The van der Waals surface area contributed by atoms with E-state index in [4.69, 9.17) is 9.40 Å². The number of hydrogen-bond donors (Lipinski definition) is 0. The molecule has 0 radical (unpaired) electrons. The van der Waals surface area contributed by atoms with Crippen LogP contribution in [0.25, 0.3) is 121 Å². The van der Waals surface area contributed by atoms with Crippen molar-refractivity contribution < 1.29 is 4.42 Å². The Labute approximate surface area is 305 Å². The van der Waals surface area contributed by atoms with Gasteiger partial charge in [0.2, 0.25) is 0 Å². The first-order valence-corrected chi connectivity index (χ1v) is 18.2. The molecule has 0 saturated heterocycles. The molecule has 1 aliphatic carbocycles. The molecule has 9 aromatic carbocycles. The van der Waals surface area contributed by atoms with Crippen LogP contribution < -0.4 is 0 Å². The van der Waals surface area contributed by atoms with Gasteiger partial charge in [-0.2, -0.15) is 0 Å². The lowest BCUT2D eigenvalue weighted by atomic mass is 9.93. The van der Waals surface area contributed by atoms with Crippen molar-refractivity contribution >= 4 is 65.0 Å². The number of furan rings is 1. The normalized spacial score (nSPS) is 12.2. The maximum atomic E-state index is 6.46. The SMILES string of the molecule is c1cc(-c2cc(-c3ccc4ccccc4c3)cc(-c3ccc4ccc5ccccc5c4c3)n2)c2c(c1)-c1cc3oc4ccccc4c3c3cccc-2c13. The van der Waals surface area contributed by atoms with E-state index in [0.717, 1.165) is 44.6 Å². The van der Waals surface area contributed by atoms with Gasteiger partial charge in [0.1, 0.15) is 11.2 Å². The van der Waals surface area contributed by atoms with Crippen molar-refractivity contribution in [1.29, 1.82) is 0 Å². The molecule has 0 bridgehead atoms. The Morgan fingerprint density at radius 2 is 0.981 bits per heavy atom. The summed E-state index contributed by atoms with van der Waals surface area (Å²) in [5.74, 6) is 0. The zero-order valence-electron chi connectivity index (χ0n) is 28.6. The Morgan fingerprint density at radius 3 is 1.91 bits per heavy atom. The summed E-state index contributed by atoms with van der Waals surface area (Å²) in [5.41, 5.74) is 13.2. The van der Waals surface area contributed by atoms with Gasteiger partial charge in [0.05, 0.1) is 11.4 Å². The molecule has 0 fully saturated rings. The molecule has 2 heteroatoms. The number of para-hydroxylation sites is 1. The minimum Gasteiger partial charge on any atom is -0.456 e. The Hall–Kier alpha value is -7.03. The molecule has 0 atom stereocenters. The smallest absolute Gasteiger partial charge is 0.136 e. The molecule has 2 aromatic heterocycles. The predicted octanol–water partition coefficient (Wildman–Crippen LogP) is 14.2. The minimum absolute atomic E-state index is 0.921. The number of rotatable bonds is 3. The van der Waals surface area contributed by atoms with Gasteiger partial charge in [0.25, 0.3) is 0 Å². The summed E-state index contributed by atoms with van der Waals surface area (Å²) in [4.78, 5) is 5.52. The van der Waals surface area contributed by atoms with E-state index in [-0.39, 0.29) is 0 Å². The molecule has 2 heterocycles. The molecule has 0 saturated carbocycles. The van der Waals surface area contributed by atoms with Crippen molar-refractivity contribution in [3.63, 3.8) is 0 Å². The first-order valence-electron chi connectivity index (χ1n) is 18.2. The maximum Gasteiger partial charge on any atom is 0.136 e. The van der Waals surface area contributed by atoms with E-state index in [1.54, 1.807) is 0 Å². The molecule has 0 N–H and O–H groups in total. The predicted molar refractivity (Wildman–Crippen MR) is 222 cm³/mol.